The number of rotatable bonds is 14. The van der Waals surface area contributed by atoms with Crippen LogP contribution >= 0.6 is 0 Å². The maximum atomic E-state index is 12.9. The van der Waals surface area contributed by atoms with Gasteiger partial charge in [-0.05, 0) is 148 Å². The molecule has 4 aliphatic carbocycles. The Labute approximate surface area is 331 Å². The van der Waals surface area contributed by atoms with Crippen molar-refractivity contribution in [2.24, 2.45) is 46.3 Å². The Kier molecular flexibility index (Phi) is 13.9. The summed E-state index contributed by atoms with van der Waals surface area (Å²) < 4.78 is 32.3. The van der Waals surface area contributed by atoms with Gasteiger partial charge in [-0.15, -0.1) is 0 Å². The van der Waals surface area contributed by atoms with Crippen molar-refractivity contribution in [3.8, 4) is 5.75 Å². The average molecular weight is 783 g/mol. The van der Waals surface area contributed by atoms with Gasteiger partial charge in [0.2, 0.25) is 0 Å². The zero-order valence-corrected chi connectivity index (χ0v) is 34.6. The third-order valence-electron chi connectivity index (χ3n) is 13.7. The number of ether oxygens (including phenoxy) is 6. The highest BCUT2D eigenvalue weighted by atomic mass is 16.7. The van der Waals surface area contributed by atoms with Crippen LogP contribution in [-0.2, 0) is 54.3 Å². The van der Waals surface area contributed by atoms with Gasteiger partial charge in [-0.25, -0.2) is 4.79 Å². The van der Waals surface area contributed by atoms with E-state index in [0.29, 0.717) is 46.3 Å². The van der Waals surface area contributed by atoms with Crippen molar-refractivity contribution in [3.05, 3.63) is 28.8 Å². The van der Waals surface area contributed by atoms with Crippen LogP contribution in [0.15, 0.2) is 12.1 Å². The number of benzene rings is 1. The molecule has 4 saturated carbocycles. The van der Waals surface area contributed by atoms with E-state index >= 15 is 0 Å². The van der Waals surface area contributed by atoms with Crippen LogP contribution in [0.2, 0.25) is 0 Å². The summed E-state index contributed by atoms with van der Waals surface area (Å²) in [6.07, 6.45) is 7.63. The van der Waals surface area contributed by atoms with E-state index < -0.39 is 42.1 Å². The van der Waals surface area contributed by atoms with E-state index in [4.69, 9.17) is 28.4 Å². The molecule has 5 rings (SSSR count). The molecule has 0 heterocycles. The molecule has 1 unspecified atom stereocenters. The average Bonchev–Trinajstić information content (AvgIpc) is 3.47. The second-order valence-electron chi connectivity index (χ2n) is 17.8. The van der Waals surface area contributed by atoms with Gasteiger partial charge in [0.15, 0.2) is 6.10 Å². The van der Waals surface area contributed by atoms with Gasteiger partial charge in [0.1, 0.15) is 37.5 Å². The van der Waals surface area contributed by atoms with E-state index in [0.717, 1.165) is 44.1 Å². The molecule has 0 amide bonds. The minimum atomic E-state index is -0.970. The molecule has 0 spiro atoms. The third-order valence-corrected chi connectivity index (χ3v) is 13.7. The SMILES string of the molecule is CC(=O)OCC(COC(C)=O)OC(=O)CC(C)CC(=O)Oc1c(C)cc(COC(=O)O[C@H]2CC[C@@]3(C)[C@@H](CC[C@@H]4[C@@H]3CC[C@]3(C)[C@@H](C(C)=O)CC[C@@H]43)C2)cc1C. The number of hydrogen-bond donors (Lipinski definition) is 0. The van der Waals surface area contributed by atoms with Crippen LogP contribution in [-0.4, -0.2) is 61.2 Å². The van der Waals surface area contributed by atoms with E-state index in [9.17, 15) is 28.8 Å². The Bertz CT molecular complexity index is 1610. The van der Waals surface area contributed by atoms with Crippen molar-refractivity contribution in [1.29, 1.82) is 0 Å². The van der Waals surface area contributed by atoms with Gasteiger partial charge < -0.3 is 28.4 Å². The van der Waals surface area contributed by atoms with Gasteiger partial charge in [0, 0.05) is 32.6 Å². The minimum Gasteiger partial charge on any atom is -0.462 e. The van der Waals surface area contributed by atoms with Crippen molar-refractivity contribution in [1.82, 2.24) is 0 Å². The van der Waals surface area contributed by atoms with Gasteiger partial charge in [0.05, 0.1) is 0 Å². The van der Waals surface area contributed by atoms with Gasteiger partial charge in [-0.1, -0.05) is 20.8 Å². The molecular weight excluding hydrogens is 720 g/mol. The van der Waals surface area contributed by atoms with Crippen LogP contribution in [0.3, 0.4) is 0 Å². The first-order valence-corrected chi connectivity index (χ1v) is 20.5. The number of Topliss-reactive ketones (excluding diaryl/α,β-unsaturated/α-hetero) is 1. The predicted octanol–water partition coefficient (Wildman–Crippen LogP) is 7.93. The molecule has 9 atom stereocenters. The lowest BCUT2D eigenvalue weighted by atomic mass is 9.44. The lowest BCUT2D eigenvalue weighted by molar-refractivity contribution is -0.166. The number of ketones is 1. The Balaban J connectivity index is 1.06. The summed E-state index contributed by atoms with van der Waals surface area (Å²) in [5.74, 6) is 0.746. The van der Waals surface area contributed by atoms with Crippen molar-refractivity contribution in [2.75, 3.05) is 13.2 Å². The summed E-state index contributed by atoms with van der Waals surface area (Å²) in [6, 6.07) is 3.61. The van der Waals surface area contributed by atoms with Gasteiger partial charge >= 0.3 is 30.0 Å². The normalized spacial score (nSPS) is 29.8. The van der Waals surface area contributed by atoms with Crippen LogP contribution < -0.4 is 4.74 Å². The fraction of sp³-hybridized carbons (Fsp3) is 0.727. The second kappa shape index (κ2) is 18.1. The Morgan fingerprint density at radius 1 is 0.750 bits per heavy atom. The van der Waals surface area contributed by atoms with E-state index in [2.05, 4.69) is 13.8 Å². The summed E-state index contributed by atoms with van der Waals surface area (Å²) in [7, 11) is 0. The first kappa shape index (κ1) is 43.2. The maximum Gasteiger partial charge on any atom is 0.508 e. The van der Waals surface area contributed by atoms with E-state index in [-0.39, 0.29) is 55.5 Å². The lowest BCUT2D eigenvalue weighted by Gasteiger charge is -2.61. The van der Waals surface area contributed by atoms with Gasteiger partial charge in [-0.3, -0.25) is 24.0 Å². The summed E-state index contributed by atoms with van der Waals surface area (Å²) in [5, 5.41) is 0. The summed E-state index contributed by atoms with van der Waals surface area (Å²) in [5.41, 5.74) is 2.50. The van der Waals surface area contributed by atoms with Crippen LogP contribution in [0, 0.1) is 60.2 Å². The molecule has 0 radical (unpaired) electrons. The Morgan fingerprint density at radius 3 is 1.98 bits per heavy atom. The first-order valence-electron chi connectivity index (χ1n) is 20.5. The number of esters is 4. The van der Waals surface area contributed by atoms with Crippen LogP contribution in [0.5, 0.6) is 5.75 Å². The number of aryl methyl sites for hydroxylation is 2. The zero-order chi connectivity index (χ0) is 40.9. The van der Waals surface area contributed by atoms with Crippen molar-refractivity contribution in [2.45, 2.75) is 145 Å². The predicted molar refractivity (Wildman–Crippen MR) is 204 cm³/mol. The number of fused-ring (bicyclic) bond motifs is 5. The number of carbonyl (C=O) groups is 6. The van der Waals surface area contributed by atoms with Crippen molar-refractivity contribution < 1.29 is 57.2 Å². The summed E-state index contributed by atoms with van der Waals surface area (Å²) >= 11 is 0. The van der Waals surface area contributed by atoms with Crippen LogP contribution in [0.25, 0.3) is 0 Å². The molecular formula is C44H62O12. The topological polar surface area (TPSA) is 158 Å². The molecule has 0 N–H and O–H groups in total. The quantitative estimate of drug-likeness (QED) is 0.102. The van der Waals surface area contributed by atoms with Crippen LogP contribution in [0.1, 0.15) is 129 Å². The molecule has 1 aromatic carbocycles. The van der Waals surface area contributed by atoms with E-state index in [1.54, 1.807) is 39.8 Å². The molecule has 1 aromatic rings. The van der Waals surface area contributed by atoms with E-state index in [1.165, 1.54) is 33.1 Å². The number of carbonyl (C=O) groups excluding carboxylic acids is 6. The largest absolute Gasteiger partial charge is 0.508 e. The molecule has 4 fully saturated rings. The number of hydrogen-bond acceptors (Lipinski definition) is 12. The lowest BCUT2D eigenvalue weighted by Crippen LogP contribution is -2.54. The highest BCUT2D eigenvalue weighted by Crippen LogP contribution is 2.67. The maximum absolute atomic E-state index is 12.9. The smallest absolute Gasteiger partial charge is 0.462 e. The van der Waals surface area contributed by atoms with Crippen molar-refractivity contribution in [3.63, 3.8) is 0 Å². The highest BCUT2D eigenvalue weighted by molar-refractivity contribution is 5.79. The molecule has 12 heteroatoms. The molecule has 310 valence electrons. The Hall–Kier alpha value is -3.96. The highest BCUT2D eigenvalue weighted by Gasteiger charge is 2.61. The molecule has 4 aliphatic rings. The fourth-order valence-corrected chi connectivity index (χ4v) is 11.2. The minimum absolute atomic E-state index is 0.0167. The molecule has 0 bridgehead atoms. The second-order valence-corrected chi connectivity index (χ2v) is 17.8. The third kappa shape index (κ3) is 10.1. The monoisotopic (exact) mass is 782 g/mol. The zero-order valence-electron chi connectivity index (χ0n) is 34.6. The van der Waals surface area contributed by atoms with Crippen LogP contribution in [0.4, 0.5) is 4.79 Å². The standard InChI is InChI=1S/C44H62O12/c1-25(17-39(48)54-34(23-51-29(5)46)24-52-30(6)47)18-40(49)56-41-26(2)19-31(20-27(41)3)22-53-42(50)55-33-13-15-43(7)32(21-33)9-10-35-37-12-11-36(28(4)45)44(37,8)16-14-38(35)43/h19-20,25,32-38H,9-18,21-24H2,1-8H3/t25?,32-,33-,35-,36+,37-,38-,43-,44+/m0/s1. The van der Waals surface area contributed by atoms with Gasteiger partial charge in [0.25, 0.3) is 0 Å². The summed E-state index contributed by atoms with van der Waals surface area (Å²) in [4.78, 5) is 73.2. The summed E-state index contributed by atoms with van der Waals surface area (Å²) in [6.45, 7) is 13.9. The molecule has 0 aromatic heterocycles. The fourth-order valence-electron chi connectivity index (χ4n) is 11.2. The van der Waals surface area contributed by atoms with Gasteiger partial charge in [-0.2, -0.15) is 0 Å². The Morgan fingerprint density at radius 2 is 1.36 bits per heavy atom. The van der Waals surface area contributed by atoms with Crippen molar-refractivity contribution >= 4 is 35.8 Å². The molecule has 56 heavy (non-hydrogen) atoms. The van der Waals surface area contributed by atoms with E-state index in [1.807, 2.05) is 0 Å². The molecule has 0 aliphatic heterocycles. The first-order chi connectivity index (χ1) is 26.4. The molecule has 12 nitrogen and oxygen atoms in total. The molecule has 0 saturated heterocycles.